The van der Waals surface area contributed by atoms with Crippen molar-refractivity contribution in [2.24, 2.45) is 11.8 Å². The molecule has 6 nitrogen and oxygen atoms in total. The summed E-state index contributed by atoms with van der Waals surface area (Å²) >= 11 is 0. The molecule has 1 saturated heterocycles. The van der Waals surface area contributed by atoms with E-state index in [1.807, 2.05) is 4.57 Å². The number of carboxylic acids is 1. The molecule has 0 bridgehead atoms. The van der Waals surface area contributed by atoms with Crippen LogP contribution in [0.3, 0.4) is 0 Å². The van der Waals surface area contributed by atoms with Crippen LogP contribution in [0.15, 0.2) is 0 Å². The molecule has 0 aliphatic carbocycles. The summed E-state index contributed by atoms with van der Waals surface area (Å²) < 4.78 is 12.7. The van der Waals surface area contributed by atoms with Crippen LogP contribution in [0.1, 0.15) is 34.6 Å². The van der Waals surface area contributed by atoms with E-state index in [4.69, 9.17) is 9.47 Å². The number of amides is 1. The largest absolute Gasteiger partial charge is 0.481 e. The van der Waals surface area contributed by atoms with Crippen molar-refractivity contribution in [1.82, 2.24) is 4.57 Å². The van der Waals surface area contributed by atoms with Gasteiger partial charge in [-0.1, -0.05) is 33.9 Å². The van der Waals surface area contributed by atoms with E-state index >= 15 is 0 Å². The van der Waals surface area contributed by atoms with Crippen molar-refractivity contribution in [3.8, 4) is 0 Å². The molecular weight excluding hydrogens is 314 g/mol. The molecule has 1 N–H and O–H groups in total. The van der Waals surface area contributed by atoms with E-state index in [-0.39, 0.29) is 10.9 Å². The molecule has 0 aromatic rings. The summed E-state index contributed by atoms with van der Waals surface area (Å²) in [7, 11) is 0.768. The summed E-state index contributed by atoms with van der Waals surface area (Å²) in [4.78, 5) is 24.6. The first-order valence-corrected chi connectivity index (χ1v) is 10.9. The molecule has 134 valence electrons. The van der Waals surface area contributed by atoms with Gasteiger partial charge in [-0.3, -0.25) is 9.59 Å². The van der Waals surface area contributed by atoms with Crippen molar-refractivity contribution in [1.29, 1.82) is 0 Å². The van der Waals surface area contributed by atoms with Crippen molar-refractivity contribution in [2.75, 3.05) is 14.2 Å². The first kappa shape index (κ1) is 20.1. The molecule has 7 heteroatoms. The van der Waals surface area contributed by atoms with Gasteiger partial charge >= 0.3 is 5.97 Å². The fourth-order valence-corrected chi connectivity index (χ4v) is 5.58. The lowest BCUT2D eigenvalue weighted by Crippen LogP contribution is -2.78. The maximum absolute atomic E-state index is 13.0. The third kappa shape index (κ3) is 3.06. The Morgan fingerprint density at radius 1 is 1.22 bits per heavy atom. The minimum atomic E-state index is -2.19. The second kappa shape index (κ2) is 6.18. The van der Waals surface area contributed by atoms with Gasteiger partial charge in [0.2, 0.25) is 5.91 Å². The topological polar surface area (TPSA) is 76.1 Å². The van der Waals surface area contributed by atoms with Crippen LogP contribution in [0.5, 0.6) is 0 Å². The van der Waals surface area contributed by atoms with E-state index in [0.717, 1.165) is 0 Å². The zero-order chi connectivity index (χ0) is 18.4. The maximum atomic E-state index is 13.0. The SMILES string of the molecule is COC(C)(OC)C1C(=O)N([Si](C)(C)C(C)(C)C)C1C(C)C(=O)O. The fraction of sp³-hybridized carbons (Fsp3) is 0.875. The second-order valence-corrected chi connectivity index (χ2v) is 13.1. The quantitative estimate of drug-likeness (QED) is 0.455. The zero-order valence-corrected chi connectivity index (χ0v) is 16.8. The number of β-lactam (4-membered cyclic amide) rings is 1. The smallest absolute Gasteiger partial charge is 0.308 e. The van der Waals surface area contributed by atoms with Crippen LogP contribution in [-0.4, -0.2) is 55.8 Å². The van der Waals surface area contributed by atoms with Gasteiger partial charge in [0, 0.05) is 14.2 Å². The van der Waals surface area contributed by atoms with Gasteiger partial charge in [0.25, 0.3) is 0 Å². The zero-order valence-electron chi connectivity index (χ0n) is 15.8. The molecule has 0 spiro atoms. The predicted octanol–water partition coefficient (Wildman–Crippen LogP) is 2.55. The van der Waals surface area contributed by atoms with Gasteiger partial charge in [-0.2, -0.15) is 0 Å². The predicted molar refractivity (Wildman–Crippen MR) is 90.5 cm³/mol. The number of carboxylic acid groups (broad SMARTS) is 1. The van der Waals surface area contributed by atoms with Crippen molar-refractivity contribution in [3.63, 3.8) is 0 Å². The Morgan fingerprint density at radius 2 is 1.65 bits per heavy atom. The first-order chi connectivity index (χ1) is 10.3. The van der Waals surface area contributed by atoms with Gasteiger partial charge in [-0.05, 0) is 18.9 Å². The van der Waals surface area contributed by atoms with Gasteiger partial charge in [-0.25, -0.2) is 0 Å². The summed E-state index contributed by atoms with van der Waals surface area (Å²) in [5.74, 6) is -3.40. The lowest BCUT2D eigenvalue weighted by Gasteiger charge is -2.62. The fourth-order valence-electron chi connectivity index (χ4n) is 3.05. The van der Waals surface area contributed by atoms with Crippen LogP contribution < -0.4 is 0 Å². The Bertz CT molecular complexity index is 481. The van der Waals surface area contributed by atoms with Gasteiger partial charge in [0.15, 0.2) is 14.0 Å². The average molecular weight is 346 g/mol. The van der Waals surface area contributed by atoms with Crippen LogP contribution in [0.4, 0.5) is 0 Å². The molecule has 0 aromatic carbocycles. The lowest BCUT2D eigenvalue weighted by atomic mass is 9.76. The van der Waals surface area contributed by atoms with Crippen molar-refractivity contribution in [3.05, 3.63) is 0 Å². The Hall–Kier alpha value is -0.923. The van der Waals surface area contributed by atoms with Crippen molar-refractivity contribution in [2.45, 2.75) is 64.6 Å². The molecule has 0 radical (unpaired) electrons. The summed E-state index contributed by atoms with van der Waals surface area (Å²) in [6.45, 7) is 13.9. The van der Waals surface area contributed by atoms with Gasteiger partial charge in [-0.15, -0.1) is 0 Å². The number of ether oxygens (including phenoxy) is 2. The molecule has 3 atom stereocenters. The molecule has 1 heterocycles. The highest BCUT2D eigenvalue weighted by atomic mass is 28.3. The highest BCUT2D eigenvalue weighted by Crippen LogP contribution is 2.49. The number of methoxy groups -OCH3 is 2. The molecule has 1 aliphatic rings. The molecule has 1 fully saturated rings. The van der Waals surface area contributed by atoms with E-state index in [2.05, 4.69) is 33.9 Å². The van der Waals surface area contributed by atoms with Crippen LogP contribution in [0, 0.1) is 11.8 Å². The molecule has 0 saturated carbocycles. The molecule has 3 unspecified atom stereocenters. The molecule has 1 amide bonds. The number of rotatable bonds is 6. The molecule has 1 rings (SSSR count). The van der Waals surface area contributed by atoms with Gasteiger partial charge < -0.3 is 19.1 Å². The van der Waals surface area contributed by atoms with Crippen LogP contribution in [-0.2, 0) is 19.1 Å². The molecule has 0 aromatic heterocycles. The number of hydrogen-bond donors (Lipinski definition) is 1. The maximum Gasteiger partial charge on any atom is 0.308 e. The summed E-state index contributed by atoms with van der Waals surface area (Å²) in [6.07, 6.45) is 0. The van der Waals surface area contributed by atoms with E-state index in [1.165, 1.54) is 14.2 Å². The van der Waals surface area contributed by atoms with Crippen LogP contribution in [0.25, 0.3) is 0 Å². The number of carbonyl (C=O) groups is 2. The molecular formula is C16H31NO5Si. The van der Waals surface area contributed by atoms with Gasteiger partial charge in [0.05, 0.1) is 12.0 Å². The Labute approximate surface area is 140 Å². The summed E-state index contributed by atoms with van der Waals surface area (Å²) in [6, 6.07) is -0.425. The number of carbonyl (C=O) groups excluding carboxylic acids is 1. The van der Waals surface area contributed by atoms with E-state index in [0.29, 0.717) is 0 Å². The van der Waals surface area contributed by atoms with E-state index in [9.17, 15) is 14.7 Å². The Morgan fingerprint density at radius 3 is 1.96 bits per heavy atom. The third-order valence-corrected chi connectivity index (χ3v) is 11.3. The minimum Gasteiger partial charge on any atom is -0.481 e. The number of aliphatic carboxylic acids is 1. The minimum absolute atomic E-state index is 0.0686. The summed E-state index contributed by atoms with van der Waals surface area (Å²) in [5, 5.41) is 9.45. The van der Waals surface area contributed by atoms with Crippen molar-refractivity contribution < 1.29 is 24.2 Å². The Kier molecular flexibility index (Phi) is 5.41. The number of hydrogen-bond acceptors (Lipinski definition) is 4. The van der Waals surface area contributed by atoms with Gasteiger partial charge in [0.1, 0.15) is 5.92 Å². The monoisotopic (exact) mass is 345 g/mol. The highest BCUT2D eigenvalue weighted by Gasteiger charge is 2.65. The van der Waals surface area contributed by atoms with E-state index < -0.39 is 37.9 Å². The Balaban J connectivity index is 3.35. The first-order valence-electron chi connectivity index (χ1n) is 7.92. The average Bonchev–Trinajstić information content (AvgIpc) is 2.41. The molecule has 1 aliphatic heterocycles. The highest BCUT2D eigenvalue weighted by molar-refractivity contribution is 6.80. The lowest BCUT2D eigenvalue weighted by molar-refractivity contribution is -0.254. The summed E-state index contributed by atoms with van der Waals surface area (Å²) in [5.41, 5.74) is 0. The van der Waals surface area contributed by atoms with Crippen LogP contribution in [0.2, 0.25) is 18.1 Å². The standard InChI is InChI=1S/C16H31NO5Si/c1-10(14(19)20)12-11(16(5,21-6)22-7)13(18)17(12)23(8,9)15(2,3)4/h10-12H,1-9H3,(H,19,20). The van der Waals surface area contributed by atoms with E-state index in [1.54, 1.807) is 13.8 Å². The molecule has 23 heavy (non-hydrogen) atoms. The van der Waals surface area contributed by atoms with Crippen molar-refractivity contribution >= 4 is 20.1 Å². The second-order valence-electron chi connectivity index (χ2n) is 8.04. The van der Waals surface area contributed by atoms with Crippen LogP contribution >= 0.6 is 0 Å². The third-order valence-electron chi connectivity index (χ3n) is 5.86. The normalized spacial score (nSPS) is 24.4. The number of nitrogens with zero attached hydrogens (tertiary/aromatic N) is 1.